The van der Waals surface area contributed by atoms with Gasteiger partial charge in [0.05, 0.1) is 5.39 Å². The fraction of sp³-hybridized carbons (Fsp3) is 0.500. The Balaban J connectivity index is 1.60. The average molecular weight is 281 g/mol. The van der Waals surface area contributed by atoms with E-state index in [1.54, 1.807) is 6.33 Å². The Kier molecular flexibility index (Phi) is 2.95. The minimum absolute atomic E-state index is 0.646. The van der Waals surface area contributed by atoms with Crippen molar-refractivity contribution in [1.82, 2.24) is 19.9 Å². The molecule has 4 heterocycles. The number of hydrogen-bond acceptors (Lipinski definition) is 4. The van der Waals surface area contributed by atoms with E-state index >= 15 is 0 Å². The number of anilines is 1. The Morgan fingerprint density at radius 2 is 2.10 bits per heavy atom. The first kappa shape index (κ1) is 12.5. The molecule has 1 N–H and O–H groups in total. The van der Waals surface area contributed by atoms with E-state index in [1.807, 2.05) is 6.20 Å². The van der Waals surface area contributed by atoms with Gasteiger partial charge >= 0.3 is 0 Å². The zero-order chi connectivity index (χ0) is 14.2. The summed E-state index contributed by atoms with van der Waals surface area (Å²) in [7, 11) is 0. The topological polar surface area (TPSA) is 48.1 Å². The van der Waals surface area contributed by atoms with Crippen LogP contribution in [0, 0.1) is 24.3 Å². The zero-order valence-electron chi connectivity index (χ0n) is 12.0. The number of nitrogens with one attached hydrogen (secondary N) is 1. The van der Waals surface area contributed by atoms with Gasteiger partial charge in [0.15, 0.2) is 0 Å². The van der Waals surface area contributed by atoms with Crippen molar-refractivity contribution in [3.05, 3.63) is 18.6 Å². The first-order valence-electron chi connectivity index (χ1n) is 7.59. The molecule has 0 spiro atoms. The maximum atomic E-state index is 5.57. The van der Waals surface area contributed by atoms with Crippen LogP contribution in [0.4, 0.5) is 5.82 Å². The molecule has 2 aromatic heterocycles. The van der Waals surface area contributed by atoms with Gasteiger partial charge in [-0.15, -0.1) is 0 Å². The van der Waals surface area contributed by atoms with Gasteiger partial charge in [-0.05, 0) is 30.7 Å². The number of aromatic nitrogens is 3. The van der Waals surface area contributed by atoms with Crippen LogP contribution >= 0.6 is 0 Å². The summed E-state index contributed by atoms with van der Waals surface area (Å²) in [4.78, 5) is 16.5. The molecule has 2 aromatic rings. The molecule has 0 radical (unpaired) electrons. The van der Waals surface area contributed by atoms with Crippen molar-refractivity contribution in [1.29, 1.82) is 0 Å². The molecule has 5 nitrogen and oxygen atoms in total. The second kappa shape index (κ2) is 4.96. The lowest BCUT2D eigenvalue weighted by atomic mass is 9.80. The molecule has 2 saturated heterocycles. The van der Waals surface area contributed by atoms with E-state index in [0.29, 0.717) is 5.92 Å². The second-order valence-electron chi connectivity index (χ2n) is 6.06. The Morgan fingerprint density at radius 3 is 3.00 bits per heavy atom. The Morgan fingerprint density at radius 1 is 1.19 bits per heavy atom. The second-order valence-corrected chi connectivity index (χ2v) is 6.06. The number of terminal acetylenes is 1. The Labute approximate surface area is 124 Å². The SMILES string of the molecule is C#CN1CC[C@@H]2CCN(c3ncnc4[nH]ccc34)C[C@@H]2C1. The molecule has 0 bridgehead atoms. The highest BCUT2D eigenvalue weighted by Gasteiger charge is 2.34. The van der Waals surface area contributed by atoms with Crippen LogP contribution in [0.2, 0.25) is 0 Å². The summed E-state index contributed by atoms with van der Waals surface area (Å²) < 4.78 is 0. The largest absolute Gasteiger partial charge is 0.356 e. The standard InChI is InChI=1S/C16H19N5/c1-2-20-7-4-12-5-8-21(10-13(12)9-20)16-14-3-6-17-15(14)18-11-19-16/h1,3,6,11-13H,4-5,7-10H2,(H,17,18,19)/t12-,13+/m1/s1. The van der Waals surface area contributed by atoms with Crippen LogP contribution < -0.4 is 4.90 Å². The zero-order valence-corrected chi connectivity index (χ0v) is 12.0. The van der Waals surface area contributed by atoms with Crippen molar-refractivity contribution < 1.29 is 0 Å². The monoisotopic (exact) mass is 281 g/mol. The van der Waals surface area contributed by atoms with Crippen molar-refractivity contribution in [3.63, 3.8) is 0 Å². The van der Waals surface area contributed by atoms with Crippen molar-refractivity contribution in [2.24, 2.45) is 11.8 Å². The van der Waals surface area contributed by atoms with Crippen LogP contribution in [0.3, 0.4) is 0 Å². The normalized spacial score (nSPS) is 25.7. The minimum atomic E-state index is 0.646. The summed E-state index contributed by atoms with van der Waals surface area (Å²) in [6.07, 6.45) is 11.6. The van der Waals surface area contributed by atoms with Crippen LogP contribution in [-0.2, 0) is 0 Å². The van der Waals surface area contributed by atoms with Crippen molar-refractivity contribution in [2.45, 2.75) is 12.8 Å². The van der Waals surface area contributed by atoms with Crippen molar-refractivity contribution in [2.75, 3.05) is 31.1 Å². The fourth-order valence-corrected chi connectivity index (χ4v) is 3.78. The highest BCUT2D eigenvalue weighted by Crippen LogP contribution is 2.34. The molecule has 2 aliphatic rings. The van der Waals surface area contributed by atoms with Crippen LogP contribution in [0.5, 0.6) is 0 Å². The van der Waals surface area contributed by atoms with E-state index in [2.05, 4.69) is 36.9 Å². The van der Waals surface area contributed by atoms with Gasteiger partial charge in [-0.2, -0.15) is 0 Å². The van der Waals surface area contributed by atoms with Gasteiger partial charge in [-0.1, -0.05) is 6.42 Å². The van der Waals surface area contributed by atoms with Crippen LogP contribution in [0.25, 0.3) is 11.0 Å². The summed E-state index contributed by atoms with van der Waals surface area (Å²) in [6.45, 7) is 4.18. The van der Waals surface area contributed by atoms with Crippen molar-refractivity contribution >= 4 is 16.9 Å². The van der Waals surface area contributed by atoms with Gasteiger partial charge in [0, 0.05) is 38.4 Å². The molecular weight excluding hydrogens is 262 g/mol. The lowest BCUT2D eigenvalue weighted by molar-refractivity contribution is 0.147. The molecule has 21 heavy (non-hydrogen) atoms. The number of aromatic amines is 1. The van der Waals surface area contributed by atoms with Gasteiger partial charge in [0.1, 0.15) is 17.8 Å². The fourth-order valence-electron chi connectivity index (χ4n) is 3.78. The summed E-state index contributed by atoms with van der Waals surface area (Å²) in [5, 5.41) is 1.11. The predicted molar refractivity (Wildman–Crippen MR) is 82.7 cm³/mol. The van der Waals surface area contributed by atoms with E-state index in [9.17, 15) is 0 Å². The van der Waals surface area contributed by atoms with E-state index < -0.39 is 0 Å². The van der Waals surface area contributed by atoms with E-state index in [0.717, 1.165) is 48.9 Å². The molecule has 108 valence electrons. The number of likely N-dealkylation sites (tertiary alicyclic amines) is 1. The number of rotatable bonds is 1. The smallest absolute Gasteiger partial charge is 0.142 e. The maximum absolute atomic E-state index is 5.57. The summed E-state index contributed by atoms with van der Waals surface area (Å²) >= 11 is 0. The predicted octanol–water partition coefficient (Wildman–Crippen LogP) is 1.70. The van der Waals surface area contributed by atoms with Gasteiger partial charge in [-0.25, -0.2) is 9.97 Å². The molecule has 5 heteroatoms. The van der Waals surface area contributed by atoms with Crippen LogP contribution in [-0.4, -0.2) is 46.0 Å². The maximum Gasteiger partial charge on any atom is 0.142 e. The van der Waals surface area contributed by atoms with Gasteiger partial charge < -0.3 is 14.8 Å². The van der Waals surface area contributed by atoms with E-state index in [4.69, 9.17) is 6.42 Å². The molecule has 0 aromatic carbocycles. The molecule has 4 rings (SSSR count). The third kappa shape index (κ3) is 2.11. The number of fused-ring (bicyclic) bond motifs is 2. The lowest BCUT2D eigenvalue weighted by Crippen LogP contribution is -2.49. The van der Waals surface area contributed by atoms with E-state index in [1.165, 1.54) is 12.8 Å². The summed E-state index contributed by atoms with van der Waals surface area (Å²) in [5.41, 5.74) is 0.913. The summed E-state index contributed by atoms with van der Waals surface area (Å²) in [6, 6.07) is 4.86. The molecule has 0 unspecified atom stereocenters. The van der Waals surface area contributed by atoms with Gasteiger partial charge in [0.25, 0.3) is 0 Å². The Hall–Kier alpha value is -2.22. The van der Waals surface area contributed by atoms with Crippen LogP contribution in [0.1, 0.15) is 12.8 Å². The number of piperidine rings is 2. The number of H-pyrrole nitrogens is 1. The third-order valence-electron chi connectivity index (χ3n) is 4.93. The lowest BCUT2D eigenvalue weighted by Gasteiger charge is -2.44. The molecule has 0 saturated carbocycles. The quantitative estimate of drug-likeness (QED) is 0.808. The summed E-state index contributed by atoms with van der Waals surface area (Å²) in [5.74, 6) is 2.51. The highest BCUT2D eigenvalue weighted by molar-refractivity contribution is 5.87. The third-order valence-corrected chi connectivity index (χ3v) is 4.93. The van der Waals surface area contributed by atoms with Gasteiger partial charge in [0.2, 0.25) is 0 Å². The van der Waals surface area contributed by atoms with Crippen molar-refractivity contribution in [3.8, 4) is 12.5 Å². The molecule has 0 amide bonds. The highest BCUT2D eigenvalue weighted by atomic mass is 15.2. The van der Waals surface area contributed by atoms with Gasteiger partial charge in [-0.3, -0.25) is 0 Å². The molecule has 2 fully saturated rings. The molecule has 2 aliphatic heterocycles. The number of nitrogens with zero attached hydrogens (tertiary/aromatic N) is 4. The molecule has 2 atom stereocenters. The molecular formula is C16H19N5. The first-order valence-corrected chi connectivity index (χ1v) is 7.59. The van der Waals surface area contributed by atoms with Crippen LogP contribution in [0.15, 0.2) is 18.6 Å². The number of hydrogen-bond donors (Lipinski definition) is 1. The minimum Gasteiger partial charge on any atom is -0.356 e. The first-order chi connectivity index (χ1) is 10.3. The molecule has 0 aliphatic carbocycles. The Bertz CT molecular complexity index is 685. The average Bonchev–Trinajstić information content (AvgIpc) is 3.02. The van der Waals surface area contributed by atoms with E-state index in [-0.39, 0.29) is 0 Å².